The van der Waals surface area contributed by atoms with Crippen LogP contribution in [0.5, 0.6) is 17.6 Å². The number of nitrogen functional groups attached to an aromatic ring is 3. The normalized spacial score (nSPS) is 32.0. The van der Waals surface area contributed by atoms with Gasteiger partial charge >= 0.3 is 41.4 Å². The lowest BCUT2D eigenvalue weighted by Gasteiger charge is -2.35. The van der Waals surface area contributed by atoms with Crippen molar-refractivity contribution in [3.8, 4) is 17.6 Å². The molecule has 6 aromatic heterocycles. The molecule has 4 unspecified atom stereocenters. The number of anilines is 3. The average molecular weight is 1500 g/mol. The lowest BCUT2D eigenvalue weighted by atomic mass is 9.96. The van der Waals surface area contributed by atoms with E-state index in [1.807, 2.05) is 0 Å². The number of hydrogen-bond donors (Lipinski definition) is 6. The van der Waals surface area contributed by atoms with Crippen LogP contribution in [0, 0.1) is 0 Å². The largest absolute Gasteiger partial charge is 0.476 e. The van der Waals surface area contributed by atoms with Gasteiger partial charge in [-0.15, -0.1) is 0 Å². The number of esters is 3. The Hall–Kier alpha value is -7.05. The van der Waals surface area contributed by atoms with E-state index in [0.29, 0.717) is 36.4 Å². The van der Waals surface area contributed by atoms with Crippen molar-refractivity contribution in [2.45, 2.75) is 213 Å². The van der Waals surface area contributed by atoms with E-state index in [0.717, 1.165) is 0 Å². The van der Waals surface area contributed by atoms with Gasteiger partial charge in [-0.3, -0.25) is 54.4 Å². The molecular weight excluding hydrogens is 1420 g/mol. The van der Waals surface area contributed by atoms with Crippen molar-refractivity contribution in [1.82, 2.24) is 58.6 Å². The Bertz CT molecular complexity index is 3780. The minimum Gasteiger partial charge on any atom is -0.476 e. The minimum absolute atomic E-state index is 0.0486. The van der Waals surface area contributed by atoms with Gasteiger partial charge in [-0.2, -0.15) is 29.9 Å². The predicted molar refractivity (Wildman–Crippen MR) is 347 cm³/mol. The molecule has 0 aromatic carbocycles. The topological polar surface area (TPSA) is 538 Å². The van der Waals surface area contributed by atoms with Crippen LogP contribution in [0.4, 0.5) is 17.8 Å². The first kappa shape index (κ1) is 77.6. The monoisotopic (exact) mass is 1500 g/mol. The minimum atomic E-state index is -4.22. The van der Waals surface area contributed by atoms with E-state index >= 15 is 0 Å². The molecule has 45 heteroatoms. The van der Waals surface area contributed by atoms with Gasteiger partial charge in [0.05, 0.1) is 76.9 Å². The number of ether oxygens (including phenoxy) is 9. The summed E-state index contributed by atoms with van der Waals surface area (Å²) in [5.41, 5.74) is 14.1. The number of hydrogen-bond acceptors (Lipinski definition) is 39. The van der Waals surface area contributed by atoms with Crippen molar-refractivity contribution < 1.29 is 127 Å². The summed E-state index contributed by atoms with van der Waals surface area (Å²) in [5.74, 6) is -1.74. The first-order valence-electron chi connectivity index (χ1n) is 32.3. The predicted octanol–water partition coefficient (Wildman–Crippen LogP) is 4.01. The summed E-state index contributed by atoms with van der Waals surface area (Å²) in [4.78, 5) is 73.8. The van der Waals surface area contributed by atoms with E-state index in [1.165, 1.54) is 74.2 Å². The van der Waals surface area contributed by atoms with E-state index in [-0.39, 0.29) is 90.6 Å². The zero-order chi connectivity index (χ0) is 74.5. The Morgan fingerprint density at radius 2 is 0.716 bits per heavy atom. The van der Waals surface area contributed by atoms with Gasteiger partial charge in [0, 0.05) is 0 Å². The highest BCUT2D eigenvalue weighted by Gasteiger charge is 2.64. The summed E-state index contributed by atoms with van der Waals surface area (Å²) < 4.78 is 142. The standard InChI is InChI=1S/3C19H28N5O9P/c3*1-6-28-15-12-14(22-18(20)23-15)24(8-21-12)17-19(5,26)13-11(31-17)7-29-34(27,33-13)32-10(4)16(25)30-9(2)3/h3*8-11,13,17,26H,6-7H2,1-5H3,(H2,20,22,23)/t10?,11-,13-,17-,19-,34?;10?,11-,13-,17-,19-,34+;10?,11-,13-,17-,19-,34-/m111/s1. The van der Waals surface area contributed by atoms with Crippen LogP contribution >= 0.6 is 23.5 Å². The highest BCUT2D eigenvalue weighted by atomic mass is 31.2. The van der Waals surface area contributed by atoms with Gasteiger partial charge in [-0.05, 0) is 104 Å². The van der Waals surface area contributed by atoms with Crippen LogP contribution in [0.3, 0.4) is 0 Å². The molecule has 0 radical (unpaired) electrons. The summed E-state index contributed by atoms with van der Waals surface area (Å²) in [7, 11) is -12.7. The molecule has 12 heterocycles. The Kier molecular flexibility index (Phi) is 23.0. The van der Waals surface area contributed by atoms with Crippen LogP contribution in [0.25, 0.3) is 33.5 Å². The molecule has 0 aliphatic carbocycles. The van der Waals surface area contributed by atoms with E-state index < -0.39 is 132 Å². The fourth-order valence-corrected chi connectivity index (χ4v) is 16.2. The molecule has 6 saturated heterocycles. The Labute approximate surface area is 582 Å². The molecule has 102 heavy (non-hydrogen) atoms. The highest BCUT2D eigenvalue weighted by molar-refractivity contribution is 7.49. The molecule has 42 nitrogen and oxygen atoms in total. The van der Waals surface area contributed by atoms with Crippen molar-refractivity contribution >= 4 is 92.7 Å². The summed E-state index contributed by atoms with van der Waals surface area (Å²) in [6, 6.07) is 0. The van der Waals surface area contributed by atoms with Crippen LogP contribution in [0.1, 0.15) is 123 Å². The molecule has 6 fully saturated rings. The van der Waals surface area contributed by atoms with Crippen LogP contribution in [0.15, 0.2) is 19.0 Å². The molecule has 6 aromatic rings. The fourth-order valence-electron chi connectivity index (χ4n) is 11.4. The van der Waals surface area contributed by atoms with Gasteiger partial charge in [0.2, 0.25) is 35.5 Å². The molecule has 564 valence electrons. The molecule has 0 bridgehead atoms. The highest BCUT2D eigenvalue weighted by Crippen LogP contribution is 2.62. The summed E-state index contributed by atoms with van der Waals surface area (Å²) in [5, 5.41) is 34.2. The lowest BCUT2D eigenvalue weighted by molar-refractivity contribution is -0.158. The number of fused-ring (bicyclic) bond motifs is 6. The van der Waals surface area contributed by atoms with E-state index in [4.69, 9.17) is 101 Å². The Balaban J connectivity index is 0.000000165. The third kappa shape index (κ3) is 16.1. The van der Waals surface area contributed by atoms with Crippen LogP contribution in [-0.2, 0) is 97.2 Å². The fraction of sp³-hybridized carbons (Fsp3) is 0.684. The van der Waals surface area contributed by atoms with Gasteiger partial charge in [0.1, 0.15) is 53.4 Å². The molecular formula is C57H84N15O27P3. The number of phosphoric ester groups is 3. The number of carbonyl (C=O) groups is 3. The first-order chi connectivity index (χ1) is 47.8. The van der Waals surface area contributed by atoms with Gasteiger partial charge in [-0.25, -0.2) is 43.0 Å². The zero-order valence-electron chi connectivity index (χ0n) is 58.2. The van der Waals surface area contributed by atoms with Crippen molar-refractivity contribution in [2.24, 2.45) is 0 Å². The number of carbonyl (C=O) groups excluding carboxylic acids is 3. The quantitative estimate of drug-likeness (QED) is 0.0337. The van der Waals surface area contributed by atoms with Crippen molar-refractivity contribution in [1.29, 1.82) is 0 Å². The lowest BCUT2D eigenvalue weighted by Crippen LogP contribution is -2.48. The number of rotatable bonds is 21. The number of phosphoric acid groups is 3. The summed E-state index contributed by atoms with van der Waals surface area (Å²) in [6.45, 7) is 24.2. The molecule has 6 aliphatic rings. The van der Waals surface area contributed by atoms with Crippen molar-refractivity contribution in [2.75, 3.05) is 56.8 Å². The SMILES string of the molecule is CCOc1nc(N)nc2c1ncn2[C@@H]1O[C@@H]2COP(=O)(OC(C)C(=O)OC(C)C)O[C@H]2[C@@]1(C)O.CCOc1nc(N)nc2c1ncn2[C@@H]1O[C@@H]2CO[P@@](=O)(OC(C)C(=O)OC(C)C)O[C@H]2[C@@]1(C)O.CCOc1nc(N)nc2c1ncn2[C@@H]1O[C@@H]2CO[P@](=O)(OC(C)C(=O)OC(C)C)O[C@H]2[C@@]1(C)O. The maximum absolute atomic E-state index is 13.1. The second-order valence-electron chi connectivity index (χ2n) is 25.2. The number of aliphatic hydroxyl groups is 3. The molecule has 12 rings (SSSR count). The third-order valence-corrected chi connectivity index (χ3v) is 20.4. The number of imidazole rings is 3. The first-order valence-corrected chi connectivity index (χ1v) is 36.7. The molecule has 18 atom stereocenters. The van der Waals surface area contributed by atoms with Crippen molar-refractivity contribution in [3.05, 3.63) is 19.0 Å². The van der Waals surface area contributed by atoms with Gasteiger partial charge in [0.15, 0.2) is 70.5 Å². The maximum atomic E-state index is 13.1. The van der Waals surface area contributed by atoms with Gasteiger partial charge in [-0.1, -0.05) is 0 Å². The molecule has 9 N–H and O–H groups in total. The number of aromatic nitrogens is 12. The second kappa shape index (κ2) is 30.2. The van der Waals surface area contributed by atoms with E-state index in [1.54, 1.807) is 62.3 Å². The second-order valence-corrected chi connectivity index (χ2v) is 29.9. The number of nitrogens with two attached hydrogens (primary N) is 3. The smallest absolute Gasteiger partial charge is 0.476 e. The summed E-state index contributed by atoms with van der Waals surface area (Å²) in [6.07, 6.45) is -9.53. The van der Waals surface area contributed by atoms with Crippen LogP contribution in [-0.4, -0.2) is 221 Å². The molecule has 0 saturated carbocycles. The van der Waals surface area contributed by atoms with E-state index in [9.17, 15) is 43.4 Å². The van der Waals surface area contributed by atoms with Gasteiger partial charge in [0.25, 0.3) is 0 Å². The summed E-state index contributed by atoms with van der Waals surface area (Å²) >= 11 is 0. The van der Waals surface area contributed by atoms with Crippen LogP contribution in [0.2, 0.25) is 0 Å². The Morgan fingerprint density at radius 3 is 0.941 bits per heavy atom. The van der Waals surface area contributed by atoms with Crippen molar-refractivity contribution in [3.63, 3.8) is 0 Å². The average Bonchev–Trinajstić information content (AvgIpc) is 1.59. The molecule has 0 amide bonds. The van der Waals surface area contributed by atoms with E-state index in [2.05, 4.69) is 44.9 Å². The van der Waals surface area contributed by atoms with Crippen LogP contribution < -0.4 is 31.4 Å². The maximum Gasteiger partial charge on any atom is 0.476 e. The molecule has 0 spiro atoms. The van der Waals surface area contributed by atoms with Gasteiger partial charge < -0.3 is 75.2 Å². The number of nitrogens with zero attached hydrogens (tertiary/aromatic N) is 12. The third-order valence-electron chi connectivity index (χ3n) is 15.8. The molecule has 6 aliphatic heterocycles. The Morgan fingerprint density at radius 1 is 0.471 bits per heavy atom. The zero-order valence-corrected chi connectivity index (χ0v) is 60.9.